The number of rotatable bonds is 8. The second-order valence-corrected chi connectivity index (χ2v) is 7.07. The highest BCUT2D eigenvalue weighted by atomic mass is 16.5. The highest BCUT2D eigenvalue weighted by molar-refractivity contribution is 5.96. The highest BCUT2D eigenvalue weighted by Gasteiger charge is 2.13. The summed E-state index contributed by atoms with van der Waals surface area (Å²) in [7, 11) is 0. The Balaban J connectivity index is 1.69. The summed E-state index contributed by atoms with van der Waals surface area (Å²) in [6.45, 7) is 5.04. The number of anilines is 1. The number of carbonyl (C=O) groups is 2. The molecule has 1 fully saturated rings. The van der Waals surface area contributed by atoms with Gasteiger partial charge in [-0.25, -0.2) is 4.79 Å². The van der Waals surface area contributed by atoms with Crippen molar-refractivity contribution < 1.29 is 14.3 Å². The van der Waals surface area contributed by atoms with Crippen LogP contribution in [-0.2, 0) is 4.74 Å². The molecule has 26 heavy (non-hydrogen) atoms. The lowest BCUT2D eigenvalue weighted by atomic mass is 9.98. The van der Waals surface area contributed by atoms with Crippen molar-refractivity contribution in [2.75, 3.05) is 18.5 Å². The first-order chi connectivity index (χ1) is 12.5. The van der Waals surface area contributed by atoms with Gasteiger partial charge in [0.05, 0.1) is 6.10 Å². The van der Waals surface area contributed by atoms with Gasteiger partial charge >= 0.3 is 6.03 Å². The van der Waals surface area contributed by atoms with Crippen LogP contribution in [0, 0.1) is 0 Å². The molecule has 1 aromatic carbocycles. The third-order valence-electron chi connectivity index (χ3n) is 4.31. The molecular formula is C20H31N3O3. The lowest BCUT2D eigenvalue weighted by Crippen LogP contribution is -2.34. The summed E-state index contributed by atoms with van der Waals surface area (Å²) in [5.74, 6) is -0.143. The van der Waals surface area contributed by atoms with Crippen LogP contribution in [0.2, 0.25) is 0 Å². The number of carbonyl (C=O) groups excluding carboxylic acids is 2. The monoisotopic (exact) mass is 361 g/mol. The Morgan fingerprint density at radius 1 is 1.19 bits per heavy atom. The number of hydrogen-bond donors (Lipinski definition) is 3. The topological polar surface area (TPSA) is 79.5 Å². The van der Waals surface area contributed by atoms with Gasteiger partial charge in [-0.3, -0.25) is 4.79 Å². The number of ether oxygens (including phenoxy) is 1. The molecule has 1 saturated carbocycles. The van der Waals surface area contributed by atoms with Gasteiger partial charge in [0.15, 0.2) is 0 Å². The van der Waals surface area contributed by atoms with E-state index in [4.69, 9.17) is 4.74 Å². The maximum absolute atomic E-state index is 12.2. The SMILES string of the molecule is CC(C)NC(=O)Nc1cccc(C(=O)NCCCOC2CCCCC2)c1. The summed E-state index contributed by atoms with van der Waals surface area (Å²) in [5.41, 5.74) is 1.12. The number of amides is 3. The molecule has 0 unspecified atom stereocenters. The van der Waals surface area contributed by atoms with E-state index in [0.29, 0.717) is 30.5 Å². The molecule has 0 atom stereocenters. The summed E-state index contributed by atoms with van der Waals surface area (Å²) < 4.78 is 5.86. The van der Waals surface area contributed by atoms with Crippen molar-refractivity contribution in [1.82, 2.24) is 10.6 Å². The van der Waals surface area contributed by atoms with E-state index < -0.39 is 0 Å². The lowest BCUT2D eigenvalue weighted by molar-refractivity contribution is 0.0273. The van der Waals surface area contributed by atoms with Gasteiger partial charge in [0.1, 0.15) is 0 Å². The molecule has 0 radical (unpaired) electrons. The van der Waals surface area contributed by atoms with Crippen molar-refractivity contribution in [2.45, 2.75) is 64.5 Å². The van der Waals surface area contributed by atoms with Crippen molar-refractivity contribution in [3.8, 4) is 0 Å². The summed E-state index contributed by atoms with van der Waals surface area (Å²) in [4.78, 5) is 24.0. The summed E-state index contributed by atoms with van der Waals surface area (Å²) >= 11 is 0. The van der Waals surface area contributed by atoms with Crippen molar-refractivity contribution in [3.63, 3.8) is 0 Å². The predicted molar refractivity (Wildman–Crippen MR) is 104 cm³/mol. The lowest BCUT2D eigenvalue weighted by Gasteiger charge is -2.21. The minimum absolute atomic E-state index is 0.0531. The first kappa shape index (κ1) is 20.2. The molecule has 1 aromatic rings. The number of benzene rings is 1. The maximum Gasteiger partial charge on any atom is 0.319 e. The van der Waals surface area contributed by atoms with E-state index in [1.807, 2.05) is 13.8 Å². The zero-order valence-electron chi connectivity index (χ0n) is 15.8. The van der Waals surface area contributed by atoms with Crippen LogP contribution in [0.4, 0.5) is 10.5 Å². The fraction of sp³-hybridized carbons (Fsp3) is 0.600. The van der Waals surface area contributed by atoms with Crippen LogP contribution in [0.5, 0.6) is 0 Å². The van der Waals surface area contributed by atoms with E-state index in [1.165, 1.54) is 19.3 Å². The standard InChI is InChI=1S/C20H31N3O3/c1-15(2)22-20(25)23-17-9-6-8-16(14-17)19(24)21-12-7-13-26-18-10-4-3-5-11-18/h6,8-9,14-15,18H,3-5,7,10-13H2,1-2H3,(H,21,24)(H2,22,23,25). The molecule has 0 aromatic heterocycles. The van der Waals surface area contributed by atoms with Gasteiger partial charge in [-0.2, -0.15) is 0 Å². The van der Waals surface area contributed by atoms with Gasteiger partial charge in [0.25, 0.3) is 5.91 Å². The normalized spacial score (nSPS) is 14.9. The largest absolute Gasteiger partial charge is 0.378 e. The van der Waals surface area contributed by atoms with Crippen LogP contribution in [0.1, 0.15) is 62.7 Å². The van der Waals surface area contributed by atoms with Gasteiger partial charge in [-0.1, -0.05) is 25.3 Å². The molecule has 1 aliphatic rings. The molecule has 1 aliphatic carbocycles. The molecule has 6 nitrogen and oxygen atoms in total. The third-order valence-corrected chi connectivity index (χ3v) is 4.31. The van der Waals surface area contributed by atoms with Crippen LogP contribution in [0.15, 0.2) is 24.3 Å². The quantitative estimate of drug-likeness (QED) is 0.618. The summed E-state index contributed by atoms with van der Waals surface area (Å²) in [6, 6.07) is 6.70. The molecule has 144 valence electrons. The molecule has 2 rings (SSSR count). The minimum atomic E-state index is -0.280. The Hall–Kier alpha value is -2.08. The van der Waals surface area contributed by atoms with Crippen LogP contribution < -0.4 is 16.0 Å². The minimum Gasteiger partial charge on any atom is -0.378 e. The number of hydrogen-bond acceptors (Lipinski definition) is 3. The molecule has 3 amide bonds. The van der Waals surface area contributed by atoms with Crippen LogP contribution in [0.3, 0.4) is 0 Å². The Bertz CT molecular complexity index is 583. The first-order valence-corrected chi connectivity index (χ1v) is 9.62. The van der Waals surface area contributed by atoms with E-state index in [1.54, 1.807) is 24.3 Å². The fourth-order valence-corrected chi connectivity index (χ4v) is 3.03. The molecule has 0 heterocycles. The zero-order chi connectivity index (χ0) is 18.8. The smallest absolute Gasteiger partial charge is 0.319 e. The molecule has 3 N–H and O–H groups in total. The zero-order valence-corrected chi connectivity index (χ0v) is 15.8. The summed E-state index contributed by atoms with van der Waals surface area (Å²) in [5, 5.41) is 8.38. The van der Waals surface area contributed by atoms with Crippen LogP contribution in [0.25, 0.3) is 0 Å². The van der Waals surface area contributed by atoms with E-state index in [-0.39, 0.29) is 18.0 Å². The van der Waals surface area contributed by atoms with E-state index >= 15 is 0 Å². The van der Waals surface area contributed by atoms with Crippen LogP contribution in [-0.4, -0.2) is 37.2 Å². The average Bonchev–Trinajstić information content (AvgIpc) is 2.61. The average molecular weight is 361 g/mol. The Morgan fingerprint density at radius 3 is 2.69 bits per heavy atom. The molecule has 0 spiro atoms. The fourth-order valence-electron chi connectivity index (χ4n) is 3.03. The van der Waals surface area contributed by atoms with Crippen molar-refractivity contribution in [1.29, 1.82) is 0 Å². The van der Waals surface area contributed by atoms with Gasteiger partial charge in [-0.15, -0.1) is 0 Å². The number of urea groups is 1. The van der Waals surface area contributed by atoms with E-state index in [0.717, 1.165) is 19.3 Å². The molecule has 0 saturated heterocycles. The van der Waals surface area contributed by atoms with E-state index in [9.17, 15) is 9.59 Å². The van der Waals surface area contributed by atoms with Gasteiger partial charge < -0.3 is 20.7 Å². The Labute approximate surface area is 156 Å². The highest BCUT2D eigenvalue weighted by Crippen LogP contribution is 2.20. The van der Waals surface area contributed by atoms with Crippen LogP contribution >= 0.6 is 0 Å². The number of nitrogens with one attached hydrogen (secondary N) is 3. The van der Waals surface area contributed by atoms with Crippen molar-refractivity contribution in [2.24, 2.45) is 0 Å². The second kappa shape index (κ2) is 10.8. The predicted octanol–water partition coefficient (Wildman–Crippen LogP) is 3.69. The van der Waals surface area contributed by atoms with Crippen molar-refractivity contribution in [3.05, 3.63) is 29.8 Å². The molecule has 0 bridgehead atoms. The van der Waals surface area contributed by atoms with E-state index in [2.05, 4.69) is 16.0 Å². The molecule has 0 aliphatic heterocycles. The second-order valence-electron chi connectivity index (χ2n) is 7.07. The Morgan fingerprint density at radius 2 is 1.96 bits per heavy atom. The third kappa shape index (κ3) is 7.44. The first-order valence-electron chi connectivity index (χ1n) is 9.62. The Kier molecular flexibility index (Phi) is 8.41. The van der Waals surface area contributed by atoms with Gasteiger partial charge in [0.2, 0.25) is 0 Å². The maximum atomic E-state index is 12.2. The van der Waals surface area contributed by atoms with Gasteiger partial charge in [0, 0.05) is 30.4 Å². The molecule has 6 heteroatoms. The molecular weight excluding hydrogens is 330 g/mol. The summed E-state index contributed by atoms with van der Waals surface area (Å²) in [6.07, 6.45) is 7.38. The van der Waals surface area contributed by atoms with Crippen molar-refractivity contribution >= 4 is 17.6 Å². The van der Waals surface area contributed by atoms with Gasteiger partial charge in [-0.05, 0) is 51.3 Å².